The summed E-state index contributed by atoms with van der Waals surface area (Å²) in [7, 11) is 0. The molecular formula is C21H17N3OS. The van der Waals surface area contributed by atoms with E-state index in [4.69, 9.17) is 0 Å². The van der Waals surface area contributed by atoms with Gasteiger partial charge in [-0.2, -0.15) is 0 Å². The fourth-order valence-corrected chi connectivity index (χ4v) is 3.63. The van der Waals surface area contributed by atoms with Gasteiger partial charge in [0.1, 0.15) is 5.01 Å². The van der Waals surface area contributed by atoms with E-state index in [1.807, 2.05) is 42.5 Å². The van der Waals surface area contributed by atoms with Crippen molar-refractivity contribution < 1.29 is 4.79 Å². The van der Waals surface area contributed by atoms with Crippen LogP contribution in [0.5, 0.6) is 0 Å². The number of nitrogens with one attached hydrogen (secondary N) is 1. The lowest BCUT2D eigenvalue weighted by Crippen LogP contribution is -2.14. The summed E-state index contributed by atoms with van der Waals surface area (Å²) < 4.78 is 0. The number of amides is 1. The van der Waals surface area contributed by atoms with Crippen molar-refractivity contribution in [1.82, 2.24) is 10.2 Å². The number of nitrogens with zero attached hydrogens (tertiary/aromatic N) is 2. The average Bonchev–Trinajstić information content (AvgIpc) is 3.09. The maximum Gasteiger partial charge on any atom is 0.230 e. The minimum Gasteiger partial charge on any atom is -0.300 e. The highest BCUT2D eigenvalue weighted by atomic mass is 32.1. The molecule has 4 rings (SSSR count). The van der Waals surface area contributed by atoms with Gasteiger partial charge in [-0.3, -0.25) is 4.79 Å². The van der Waals surface area contributed by atoms with Crippen LogP contribution in [0.15, 0.2) is 72.8 Å². The van der Waals surface area contributed by atoms with Crippen LogP contribution in [-0.4, -0.2) is 16.1 Å². The maximum absolute atomic E-state index is 12.3. The van der Waals surface area contributed by atoms with Crippen molar-refractivity contribution in [2.24, 2.45) is 0 Å². The first-order chi connectivity index (χ1) is 12.8. The Labute approximate surface area is 155 Å². The van der Waals surface area contributed by atoms with Crippen LogP contribution in [0.25, 0.3) is 10.8 Å². The fourth-order valence-electron chi connectivity index (χ4n) is 2.84. The van der Waals surface area contributed by atoms with Crippen molar-refractivity contribution in [3.05, 3.63) is 88.9 Å². The molecule has 4 aromatic rings. The first-order valence-electron chi connectivity index (χ1n) is 8.40. The third kappa shape index (κ3) is 3.95. The number of fused-ring (bicyclic) bond motifs is 1. The molecule has 0 saturated carbocycles. The Kier molecular flexibility index (Phi) is 4.71. The quantitative estimate of drug-likeness (QED) is 0.572. The molecule has 5 heteroatoms. The van der Waals surface area contributed by atoms with Crippen LogP contribution in [0.4, 0.5) is 5.13 Å². The SMILES string of the molecule is O=C(Cc1ccc2ccccc2c1)Nc1nnc(Cc2ccccc2)s1. The Morgan fingerprint density at radius 1 is 0.846 bits per heavy atom. The standard InChI is InChI=1S/C21H17N3OS/c25-19(13-16-10-11-17-8-4-5-9-18(17)12-16)22-21-24-23-20(26-21)14-15-6-2-1-3-7-15/h1-12H,13-14H2,(H,22,24,25). The maximum atomic E-state index is 12.3. The molecule has 26 heavy (non-hydrogen) atoms. The van der Waals surface area contributed by atoms with Crippen molar-refractivity contribution >= 4 is 33.1 Å². The summed E-state index contributed by atoms with van der Waals surface area (Å²) in [5.74, 6) is -0.0808. The van der Waals surface area contributed by atoms with Crippen LogP contribution in [0.1, 0.15) is 16.1 Å². The van der Waals surface area contributed by atoms with Crippen LogP contribution in [0.3, 0.4) is 0 Å². The molecule has 0 aliphatic carbocycles. The molecule has 0 fully saturated rings. The second-order valence-electron chi connectivity index (χ2n) is 6.07. The number of aromatic nitrogens is 2. The van der Waals surface area contributed by atoms with Crippen molar-refractivity contribution in [3.63, 3.8) is 0 Å². The zero-order valence-corrected chi connectivity index (χ0v) is 14.9. The molecule has 0 unspecified atom stereocenters. The van der Waals surface area contributed by atoms with Crippen LogP contribution in [-0.2, 0) is 17.6 Å². The smallest absolute Gasteiger partial charge is 0.230 e. The molecule has 0 bridgehead atoms. The molecule has 0 atom stereocenters. The van der Waals surface area contributed by atoms with E-state index in [1.54, 1.807) is 0 Å². The summed E-state index contributed by atoms with van der Waals surface area (Å²) in [4.78, 5) is 12.3. The van der Waals surface area contributed by atoms with E-state index in [2.05, 4.69) is 45.8 Å². The van der Waals surface area contributed by atoms with Gasteiger partial charge in [0.15, 0.2) is 0 Å². The van der Waals surface area contributed by atoms with E-state index in [0.29, 0.717) is 11.6 Å². The Morgan fingerprint density at radius 2 is 1.62 bits per heavy atom. The molecule has 0 aliphatic rings. The van der Waals surface area contributed by atoms with E-state index in [9.17, 15) is 4.79 Å². The lowest BCUT2D eigenvalue weighted by atomic mass is 10.1. The van der Waals surface area contributed by atoms with E-state index in [0.717, 1.165) is 22.4 Å². The Balaban J connectivity index is 1.40. The first kappa shape index (κ1) is 16.4. The lowest BCUT2D eigenvalue weighted by Gasteiger charge is -2.04. The minimum absolute atomic E-state index is 0.0808. The molecule has 0 spiro atoms. The number of carbonyl (C=O) groups is 1. The molecule has 1 amide bonds. The second kappa shape index (κ2) is 7.45. The monoisotopic (exact) mass is 359 g/mol. The van der Waals surface area contributed by atoms with Crippen molar-refractivity contribution in [2.45, 2.75) is 12.8 Å². The van der Waals surface area contributed by atoms with E-state index in [1.165, 1.54) is 22.3 Å². The van der Waals surface area contributed by atoms with E-state index in [-0.39, 0.29) is 5.91 Å². The number of hydrogen-bond acceptors (Lipinski definition) is 4. The number of carbonyl (C=O) groups excluding carboxylic acids is 1. The average molecular weight is 359 g/mol. The van der Waals surface area contributed by atoms with Gasteiger partial charge in [-0.15, -0.1) is 10.2 Å². The van der Waals surface area contributed by atoms with Crippen LogP contribution < -0.4 is 5.32 Å². The summed E-state index contributed by atoms with van der Waals surface area (Å²) >= 11 is 1.41. The molecule has 1 heterocycles. The third-order valence-corrected chi connectivity index (χ3v) is 4.93. The van der Waals surface area contributed by atoms with Gasteiger partial charge in [-0.05, 0) is 21.9 Å². The fraction of sp³-hybridized carbons (Fsp3) is 0.0952. The van der Waals surface area contributed by atoms with Gasteiger partial charge in [0, 0.05) is 6.42 Å². The molecule has 4 nitrogen and oxygen atoms in total. The second-order valence-corrected chi connectivity index (χ2v) is 7.13. The normalized spacial score (nSPS) is 10.8. The van der Waals surface area contributed by atoms with Gasteiger partial charge in [0.25, 0.3) is 0 Å². The molecule has 1 aromatic heterocycles. The molecular weight excluding hydrogens is 342 g/mol. The molecule has 3 aromatic carbocycles. The van der Waals surface area contributed by atoms with Gasteiger partial charge < -0.3 is 5.32 Å². The zero-order valence-electron chi connectivity index (χ0n) is 14.1. The van der Waals surface area contributed by atoms with Crippen LogP contribution >= 0.6 is 11.3 Å². The lowest BCUT2D eigenvalue weighted by molar-refractivity contribution is -0.115. The summed E-state index contributed by atoms with van der Waals surface area (Å²) in [6.07, 6.45) is 1.04. The van der Waals surface area contributed by atoms with Gasteiger partial charge in [-0.1, -0.05) is 84.1 Å². The highest BCUT2D eigenvalue weighted by Crippen LogP contribution is 2.20. The molecule has 128 valence electrons. The summed E-state index contributed by atoms with van der Waals surface area (Å²) in [6, 6.07) is 24.3. The van der Waals surface area contributed by atoms with Crippen molar-refractivity contribution in [1.29, 1.82) is 0 Å². The Hall–Kier alpha value is -3.05. The zero-order chi connectivity index (χ0) is 17.8. The van der Waals surface area contributed by atoms with Crippen LogP contribution in [0, 0.1) is 0 Å². The van der Waals surface area contributed by atoms with E-state index < -0.39 is 0 Å². The van der Waals surface area contributed by atoms with E-state index >= 15 is 0 Å². The topological polar surface area (TPSA) is 54.9 Å². The largest absolute Gasteiger partial charge is 0.300 e. The van der Waals surface area contributed by atoms with Crippen molar-refractivity contribution in [2.75, 3.05) is 5.32 Å². The number of hydrogen-bond donors (Lipinski definition) is 1. The molecule has 0 radical (unpaired) electrons. The first-order valence-corrected chi connectivity index (χ1v) is 9.22. The molecule has 0 aliphatic heterocycles. The number of benzene rings is 3. The van der Waals surface area contributed by atoms with Gasteiger partial charge >= 0.3 is 0 Å². The predicted molar refractivity (Wildman–Crippen MR) is 105 cm³/mol. The Morgan fingerprint density at radius 3 is 2.46 bits per heavy atom. The summed E-state index contributed by atoms with van der Waals surface area (Å²) in [5, 5.41) is 14.8. The summed E-state index contributed by atoms with van der Waals surface area (Å²) in [6.45, 7) is 0. The molecule has 0 saturated heterocycles. The van der Waals surface area contributed by atoms with Gasteiger partial charge in [0.2, 0.25) is 11.0 Å². The number of rotatable bonds is 5. The van der Waals surface area contributed by atoms with Crippen molar-refractivity contribution in [3.8, 4) is 0 Å². The summed E-state index contributed by atoms with van der Waals surface area (Å²) in [5.41, 5.74) is 2.16. The molecule has 1 N–H and O–H groups in total. The minimum atomic E-state index is -0.0808. The van der Waals surface area contributed by atoms with Gasteiger partial charge in [-0.25, -0.2) is 0 Å². The van der Waals surface area contributed by atoms with Crippen LogP contribution in [0.2, 0.25) is 0 Å². The Bertz CT molecular complexity index is 1040. The highest BCUT2D eigenvalue weighted by Gasteiger charge is 2.10. The third-order valence-electron chi connectivity index (χ3n) is 4.09. The number of anilines is 1. The predicted octanol–water partition coefficient (Wildman–Crippen LogP) is 4.46. The van der Waals surface area contributed by atoms with Gasteiger partial charge in [0.05, 0.1) is 6.42 Å². The highest BCUT2D eigenvalue weighted by molar-refractivity contribution is 7.15.